The number of aromatic nitrogens is 1. The summed E-state index contributed by atoms with van der Waals surface area (Å²) < 4.78 is 5.40. The molecule has 5 rings (SSSR count). The van der Waals surface area contributed by atoms with Crippen LogP contribution >= 0.6 is 11.8 Å². The average Bonchev–Trinajstić information content (AvgIpc) is 3.30. The highest BCUT2D eigenvalue weighted by Gasteiger charge is 2.44. The van der Waals surface area contributed by atoms with Crippen LogP contribution < -0.4 is 4.90 Å². The van der Waals surface area contributed by atoms with Gasteiger partial charge in [-0.05, 0) is 23.8 Å². The van der Waals surface area contributed by atoms with Gasteiger partial charge in [0, 0.05) is 37.1 Å². The Kier molecular flexibility index (Phi) is 5.08. The predicted octanol–water partition coefficient (Wildman–Crippen LogP) is 3.42. The Hall–Kier alpha value is -2.65. The Bertz CT molecular complexity index is 980. The number of amidine groups is 1. The van der Waals surface area contributed by atoms with Crippen LogP contribution in [0.4, 0.5) is 11.4 Å². The molecule has 3 atom stereocenters. The van der Waals surface area contributed by atoms with Gasteiger partial charge in [-0.2, -0.15) is 0 Å². The molecule has 2 saturated heterocycles. The third-order valence-corrected chi connectivity index (χ3v) is 6.87. The van der Waals surface area contributed by atoms with E-state index in [0.29, 0.717) is 37.2 Å². The maximum Gasteiger partial charge on any atom is 0.292 e. The Morgan fingerprint density at radius 2 is 2.07 bits per heavy atom. The van der Waals surface area contributed by atoms with Crippen LogP contribution in [0, 0.1) is 10.1 Å². The molecule has 0 spiro atoms. The lowest BCUT2D eigenvalue weighted by Crippen LogP contribution is -2.36. The van der Waals surface area contributed by atoms with Crippen LogP contribution in [-0.4, -0.2) is 58.1 Å². The molecule has 1 aromatic heterocycles. The van der Waals surface area contributed by atoms with Gasteiger partial charge in [-0.3, -0.25) is 20.1 Å². The fraction of sp³-hybridized carbons (Fsp3) is 0.429. The highest BCUT2D eigenvalue weighted by Crippen LogP contribution is 2.48. The van der Waals surface area contributed by atoms with E-state index in [1.54, 1.807) is 24.0 Å². The fourth-order valence-electron chi connectivity index (χ4n) is 4.42. The van der Waals surface area contributed by atoms with E-state index >= 15 is 0 Å². The molecule has 0 amide bonds. The zero-order valence-corrected chi connectivity index (χ0v) is 17.5. The summed E-state index contributed by atoms with van der Waals surface area (Å²) in [5.74, 6) is 0. The number of fused-ring (bicyclic) bond motifs is 1. The first-order valence-corrected chi connectivity index (χ1v) is 11.0. The number of hydrogen-bond acceptors (Lipinski definition) is 8. The Morgan fingerprint density at radius 3 is 2.80 bits per heavy atom. The number of nitrogens with zero attached hydrogens (tertiary/aromatic N) is 5. The van der Waals surface area contributed by atoms with Crippen LogP contribution in [0.2, 0.25) is 0 Å². The topological polar surface area (TPSA) is 84.1 Å². The lowest BCUT2D eigenvalue weighted by Gasteiger charge is -2.30. The van der Waals surface area contributed by atoms with Gasteiger partial charge in [0.15, 0.2) is 5.17 Å². The molecular weight excluding hydrogens is 402 g/mol. The highest BCUT2D eigenvalue weighted by atomic mass is 32.2. The van der Waals surface area contributed by atoms with Crippen molar-refractivity contribution in [2.45, 2.75) is 24.3 Å². The summed E-state index contributed by atoms with van der Waals surface area (Å²) in [7, 11) is 0. The van der Waals surface area contributed by atoms with Gasteiger partial charge in [-0.15, -0.1) is 0 Å². The summed E-state index contributed by atoms with van der Waals surface area (Å²) in [5, 5.41) is 13.4. The number of hydrogen-bond donors (Lipinski definition) is 0. The molecule has 8 nitrogen and oxygen atoms in total. The standard InChI is InChI=1S/C21H23N5O3S/c1-14-13-25-20(19(23-21(25)30-14)16-4-2-3-7-22-16)15-5-6-17(18(12-15)26(27)28)24-8-10-29-11-9-24/h2-7,12,14,19-20H,8-11,13H2,1H3/t14-,19+,20-/m0/s1. The highest BCUT2D eigenvalue weighted by molar-refractivity contribution is 8.14. The molecule has 0 aliphatic carbocycles. The molecule has 0 radical (unpaired) electrons. The molecule has 2 fully saturated rings. The van der Waals surface area contributed by atoms with Crippen molar-refractivity contribution in [1.29, 1.82) is 0 Å². The van der Waals surface area contributed by atoms with Crippen molar-refractivity contribution in [1.82, 2.24) is 9.88 Å². The van der Waals surface area contributed by atoms with Crippen molar-refractivity contribution < 1.29 is 9.66 Å². The van der Waals surface area contributed by atoms with E-state index in [9.17, 15) is 10.1 Å². The molecular formula is C21H23N5O3S. The molecule has 3 aliphatic rings. The lowest BCUT2D eigenvalue weighted by atomic mass is 9.95. The minimum absolute atomic E-state index is 0.0928. The summed E-state index contributed by atoms with van der Waals surface area (Å²) in [6.07, 6.45) is 1.77. The molecule has 0 saturated carbocycles. The van der Waals surface area contributed by atoms with Crippen LogP contribution in [0.25, 0.3) is 0 Å². The van der Waals surface area contributed by atoms with E-state index in [1.165, 1.54) is 0 Å². The van der Waals surface area contributed by atoms with E-state index in [0.717, 1.165) is 23.0 Å². The van der Waals surface area contributed by atoms with Gasteiger partial charge in [0.2, 0.25) is 0 Å². The molecule has 30 heavy (non-hydrogen) atoms. The van der Waals surface area contributed by atoms with Gasteiger partial charge in [0.25, 0.3) is 5.69 Å². The molecule has 2 aromatic rings. The monoisotopic (exact) mass is 425 g/mol. The maximum absolute atomic E-state index is 12.0. The zero-order valence-electron chi connectivity index (χ0n) is 16.7. The summed E-state index contributed by atoms with van der Waals surface area (Å²) in [5.41, 5.74) is 2.59. The number of nitro benzene ring substituents is 1. The van der Waals surface area contributed by atoms with Crippen LogP contribution in [0.3, 0.4) is 0 Å². The predicted molar refractivity (Wildman–Crippen MR) is 117 cm³/mol. The number of morpholine rings is 1. The smallest absolute Gasteiger partial charge is 0.292 e. The first-order valence-electron chi connectivity index (χ1n) is 10.1. The number of nitro groups is 1. The second-order valence-electron chi connectivity index (χ2n) is 7.74. The van der Waals surface area contributed by atoms with Crippen molar-refractivity contribution in [3.8, 4) is 0 Å². The molecule has 156 valence electrons. The van der Waals surface area contributed by atoms with Crippen LogP contribution in [0.1, 0.15) is 30.3 Å². The van der Waals surface area contributed by atoms with Crippen molar-refractivity contribution in [2.75, 3.05) is 37.7 Å². The number of rotatable bonds is 4. The largest absolute Gasteiger partial charge is 0.378 e. The summed E-state index contributed by atoms with van der Waals surface area (Å²) in [4.78, 5) is 25.5. The number of anilines is 1. The average molecular weight is 426 g/mol. The van der Waals surface area contributed by atoms with Gasteiger partial charge in [-0.25, -0.2) is 0 Å². The number of ether oxygens (including phenoxy) is 1. The van der Waals surface area contributed by atoms with E-state index in [1.807, 2.05) is 35.2 Å². The molecule has 3 aliphatic heterocycles. The number of aliphatic imine (C=N–C) groups is 1. The van der Waals surface area contributed by atoms with Crippen LogP contribution in [0.15, 0.2) is 47.6 Å². The number of thioether (sulfide) groups is 1. The third-order valence-electron chi connectivity index (χ3n) is 5.77. The second kappa shape index (κ2) is 7.88. The van der Waals surface area contributed by atoms with Gasteiger partial charge in [0.1, 0.15) is 11.7 Å². The van der Waals surface area contributed by atoms with Crippen molar-refractivity contribution in [2.24, 2.45) is 4.99 Å². The van der Waals surface area contributed by atoms with Gasteiger partial charge >= 0.3 is 0 Å². The van der Waals surface area contributed by atoms with Gasteiger partial charge < -0.3 is 14.5 Å². The fourth-order valence-corrected chi connectivity index (χ4v) is 5.51. The van der Waals surface area contributed by atoms with E-state index in [2.05, 4.69) is 16.8 Å². The molecule has 4 heterocycles. The molecule has 0 N–H and O–H groups in total. The second-order valence-corrected chi connectivity index (χ2v) is 9.15. The molecule has 0 unspecified atom stereocenters. The minimum atomic E-state index is -0.276. The zero-order chi connectivity index (χ0) is 20.7. The molecule has 9 heteroatoms. The third kappa shape index (κ3) is 3.41. The quantitative estimate of drug-likeness (QED) is 0.548. The normalized spacial score (nSPS) is 25.9. The Labute approximate surface area is 179 Å². The summed E-state index contributed by atoms with van der Waals surface area (Å²) >= 11 is 1.76. The first kappa shape index (κ1) is 19.3. The SMILES string of the molecule is C[C@H]1CN2C(=N[C@H](c3ccccn3)[C@@H]2c2ccc(N3CCOCC3)c([N+](=O)[O-])c2)S1. The van der Waals surface area contributed by atoms with E-state index < -0.39 is 0 Å². The first-order chi connectivity index (χ1) is 14.6. The van der Waals surface area contributed by atoms with Gasteiger partial charge in [-0.1, -0.05) is 30.8 Å². The molecule has 1 aromatic carbocycles. The number of benzene rings is 1. The van der Waals surface area contributed by atoms with E-state index in [-0.39, 0.29) is 22.7 Å². The van der Waals surface area contributed by atoms with Crippen molar-refractivity contribution >= 4 is 28.3 Å². The molecule has 0 bridgehead atoms. The number of pyridine rings is 1. The van der Waals surface area contributed by atoms with Crippen LogP contribution in [-0.2, 0) is 4.74 Å². The maximum atomic E-state index is 12.0. The van der Waals surface area contributed by atoms with Crippen molar-refractivity contribution in [3.05, 3.63) is 64.0 Å². The van der Waals surface area contributed by atoms with Crippen LogP contribution in [0.5, 0.6) is 0 Å². The van der Waals surface area contributed by atoms with E-state index in [4.69, 9.17) is 9.73 Å². The lowest BCUT2D eigenvalue weighted by molar-refractivity contribution is -0.384. The summed E-state index contributed by atoms with van der Waals surface area (Å²) in [6, 6.07) is 11.2. The summed E-state index contributed by atoms with van der Waals surface area (Å²) in [6.45, 7) is 5.55. The Balaban J connectivity index is 1.55. The Morgan fingerprint density at radius 1 is 1.23 bits per heavy atom. The van der Waals surface area contributed by atoms with Gasteiger partial charge in [0.05, 0.1) is 29.9 Å². The minimum Gasteiger partial charge on any atom is -0.378 e. The van der Waals surface area contributed by atoms with Crippen molar-refractivity contribution in [3.63, 3.8) is 0 Å².